The lowest BCUT2D eigenvalue weighted by atomic mass is 9.92. The second-order valence-electron chi connectivity index (χ2n) is 7.01. The van der Waals surface area contributed by atoms with Gasteiger partial charge in [-0.05, 0) is 64.5 Å². The third-order valence-electron chi connectivity index (χ3n) is 5.30. The Hall–Kier alpha value is -0.810. The summed E-state index contributed by atoms with van der Waals surface area (Å²) in [5, 5.41) is 3.21. The Bertz CT molecular complexity index is 398. The van der Waals surface area contributed by atoms with Crippen LogP contribution in [-0.2, 0) is 9.59 Å². The number of nitrogens with one attached hydrogen (secondary N) is 1. The van der Waals surface area contributed by atoms with Gasteiger partial charge in [0.05, 0.1) is 0 Å². The molecular weight excluding hydrogens is 326 g/mol. The molecule has 2 fully saturated rings. The number of amides is 2. The number of hydrogen-bond donors (Lipinski definition) is 1. The lowest BCUT2D eigenvalue weighted by Gasteiger charge is -2.40. The summed E-state index contributed by atoms with van der Waals surface area (Å²) < 4.78 is 0. The van der Waals surface area contributed by atoms with Crippen molar-refractivity contribution in [2.75, 3.05) is 33.2 Å². The summed E-state index contributed by atoms with van der Waals surface area (Å²) in [4.78, 5) is 29.1. The van der Waals surface area contributed by atoms with Gasteiger partial charge in [0.25, 0.3) is 0 Å². The van der Waals surface area contributed by atoms with Crippen molar-refractivity contribution in [2.45, 2.75) is 64.3 Å². The number of likely N-dealkylation sites (tertiary alicyclic amines) is 2. The Morgan fingerprint density at radius 2 is 1.79 bits per heavy atom. The molecule has 0 aromatic heterocycles. The second-order valence-corrected chi connectivity index (χ2v) is 7.01. The normalized spacial score (nSPS) is 22.2. The van der Waals surface area contributed by atoms with Crippen LogP contribution < -0.4 is 5.32 Å². The topological polar surface area (TPSA) is 52.7 Å². The molecule has 1 unspecified atom stereocenters. The average molecular weight is 360 g/mol. The fraction of sp³-hybridized carbons (Fsp3) is 0.889. The first-order chi connectivity index (χ1) is 11.2. The van der Waals surface area contributed by atoms with Gasteiger partial charge in [-0.3, -0.25) is 9.59 Å². The molecule has 0 saturated carbocycles. The molecule has 1 N–H and O–H groups in total. The van der Waals surface area contributed by atoms with E-state index in [9.17, 15) is 9.59 Å². The number of rotatable bonds is 6. The molecule has 140 valence electrons. The molecule has 2 heterocycles. The summed E-state index contributed by atoms with van der Waals surface area (Å²) in [5.74, 6) is 1.09. The van der Waals surface area contributed by atoms with Gasteiger partial charge in [0.1, 0.15) is 6.04 Å². The Labute approximate surface area is 152 Å². The zero-order valence-electron chi connectivity index (χ0n) is 15.3. The minimum atomic E-state index is -0.198. The molecule has 2 amide bonds. The molecular formula is C18H34ClN3O2. The number of nitrogens with zero attached hydrogens (tertiary/aromatic N) is 2. The predicted octanol–water partition coefficient (Wildman–Crippen LogP) is 2.44. The van der Waals surface area contributed by atoms with Crippen LogP contribution in [0.2, 0.25) is 0 Å². The third kappa shape index (κ3) is 5.62. The van der Waals surface area contributed by atoms with Crippen molar-refractivity contribution in [3.8, 4) is 0 Å². The van der Waals surface area contributed by atoms with E-state index in [1.807, 2.05) is 23.8 Å². The van der Waals surface area contributed by atoms with Crippen molar-refractivity contribution < 1.29 is 9.59 Å². The predicted molar refractivity (Wildman–Crippen MR) is 99.4 cm³/mol. The summed E-state index contributed by atoms with van der Waals surface area (Å²) >= 11 is 0. The van der Waals surface area contributed by atoms with Crippen molar-refractivity contribution in [1.82, 2.24) is 15.1 Å². The molecule has 2 aliphatic heterocycles. The molecule has 6 heteroatoms. The van der Waals surface area contributed by atoms with Crippen molar-refractivity contribution in [3.63, 3.8) is 0 Å². The van der Waals surface area contributed by atoms with E-state index in [4.69, 9.17) is 0 Å². The summed E-state index contributed by atoms with van der Waals surface area (Å²) in [5.41, 5.74) is 0. The van der Waals surface area contributed by atoms with Gasteiger partial charge < -0.3 is 15.1 Å². The maximum absolute atomic E-state index is 12.9. The van der Waals surface area contributed by atoms with Crippen LogP contribution in [0.15, 0.2) is 0 Å². The molecule has 0 spiro atoms. The molecule has 0 radical (unpaired) electrons. The first-order valence-corrected chi connectivity index (χ1v) is 9.40. The smallest absolute Gasteiger partial charge is 0.245 e. The molecule has 0 aromatic rings. The van der Waals surface area contributed by atoms with Crippen LogP contribution in [0.25, 0.3) is 0 Å². The number of carbonyl (C=O) groups excluding carboxylic acids is 2. The van der Waals surface area contributed by atoms with Gasteiger partial charge in [0.2, 0.25) is 11.8 Å². The van der Waals surface area contributed by atoms with E-state index in [1.54, 1.807) is 0 Å². The number of piperidine rings is 2. The van der Waals surface area contributed by atoms with E-state index in [0.29, 0.717) is 6.42 Å². The summed E-state index contributed by atoms with van der Waals surface area (Å²) in [6.45, 7) is 5.56. The van der Waals surface area contributed by atoms with E-state index in [0.717, 1.165) is 70.6 Å². The molecule has 0 aliphatic carbocycles. The molecule has 0 bridgehead atoms. The van der Waals surface area contributed by atoms with Gasteiger partial charge >= 0.3 is 0 Å². The van der Waals surface area contributed by atoms with E-state index in [2.05, 4.69) is 5.32 Å². The highest BCUT2D eigenvalue weighted by Crippen LogP contribution is 2.24. The lowest BCUT2D eigenvalue weighted by Crippen LogP contribution is -2.54. The molecule has 2 rings (SSSR count). The average Bonchev–Trinajstić information content (AvgIpc) is 2.60. The third-order valence-corrected chi connectivity index (χ3v) is 5.30. The molecule has 2 saturated heterocycles. The van der Waals surface area contributed by atoms with Crippen molar-refractivity contribution in [1.29, 1.82) is 0 Å². The highest BCUT2D eigenvalue weighted by Gasteiger charge is 2.35. The van der Waals surface area contributed by atoms with E-state index < -0.39 is 0 Å². The Balaban J connectivity index is 0.00000288. The largest absolute Gasteiger partial charge is 0.341 e. The fourth-order valence-corrected chi connectivity index (χ4v) is 3.85. The van der Waals surface area contributed by atoms with Crippen molar-refractivity contribution >= 4 is 24.2 Å². The second kappa shape index (κ2) is 10.9. The zero-order chi connectivity index (χ0) is 16.7. The van der Waals surface area contributed by atoms with E-state index in [1.165, 1.54) is 6.42 Å². The van der Waals surface area contributed by atoms with Crippen LogP contribution in [-0.4, -0.2) is 60.9 Å². The Morgan fingerprint density at radius 3 is 2.42 bits per heavy atom. The van der Waals surface area contributed by atoms with Crippen LogP contribution in [0.1, 0.15) is 58.3 Å². The molecule has 1 atom stereocenters. The molecule has 24 heavy (non-hydrogen) atoms. The van der Waals surface area contributed by atoms with Crippen LogP contribution in [0.4, 0.5) is 0 Å². The monoisotopic (exact) mass is 359 g/mol. The van der Waals surface area contributed by atoms with Gasteiger partial charge in [-0.2, -0.15) is 0 Å². The van der Waals surface area contributed by atoms with E-state index >= 15 is 0 Å². The van der Waals surface area contributed by atoms with Crippen molar-refractivity contribution in [3.05, 3.63) is 0 Å². The van der Waals surface area contributed by atoms with Gasteiger partial charge in [-0.1, -0.05) is 6.92 Å². The number of carbonyl (C=O) groups is 2. The minimum Gasteiger partial charge on any atom is -0.341 e. The summed E-state index contributed by atoms with van der Waals surface area (Å²) in [6, 6.07) is -0.198. The highest BCUT2D eigenvalue weighted by atomic mass is 35.5. The van der Waals surface area contributed by atoms with Crippen LogP contribution in [0.3, 0.4) is 0 Å². The van der Waals surface area contributed by atoms with Crippen LogP contribution >= 0.6 is 12.4 Å². The lowest BCUT2D eigenvalue weighted by molar-refractivity contribution is -0.148. The standard InChI is InChI=1S/C18H33N3O2.ClH/c1-3-6-17(22)21-12-5-4-7-16(21)18(23)20-13-9-15(10-14-20)8-11-19-2;/h15-16,19H,3-14H2,1-2H3;1H. The van der Waals surface area contributed by atoms with Crippen LogP contribution in [0, 0.1) is 5.92 Å². The maximum atomic E-state index is 12.9. The number of hydrogen-bond acceptors (Lipinski definition) is 3. The summed E-state index contributed by atoms with van der Waals surface area (Å²) in [7, 11) is 1.99. The van der Waals surface area contributed by atoms with Gasteiger partial charge in [-0.25, -0.2) is 0 Å². The van der Waals surface area contributed by atoms with Gasteiger partial charge in [0, 0.05) is 26.1 Å². The Kier molecular flexibility index (Phi) is 9.67. The maximum Gasteiger partial charge on any atom is 0.245 e. The quantitative estimate of drug-likeness (QED) is 0.792. The zero-order valence-corrected chi connectivity index (χ0v) is 16.1. The first kappa shape index (κ1) is 21.2. The van der Waals surface area contributed by atoms with Crippen molar-refractivity contribution in [2.24, 2.45) is 5.92 Å². The Morgan fingerprint density at radius 1 is 1.08 bits per heavy atom. The van der Waals surface area contributed by atoms with Crippen LogP contribution in [0.5, 0.6) is 0 Å². The summed E-state index contributed by atoms with van der Waals surface area (Å²) in [6.07, 6.45) is 7.75. The van der Waals surface area contributed by atoms with Gasteiger partial charge in [-0.15, -0.1) is 12.4 Å². The first-order valence-electron chi connectivity index (χ1n) is 9.40. The number of halogens is 1. The highest BCUT2D eigenvalue weighted by molar-refractivity contribution is 5.88. The fourth-order valence-electron chi connectivity index (χ4n) is 3.85. The SMILES string of the molecule is CCCC(=O)N1CCCCC1C(=O)N1CCC(CCNC)CC1.Cl. The van der Waals surface area contributed by atoms with E-state index in [-0.39, 0.29) is 30.3 Å². The van der Waals surface area contributed by atoms with Gasteiger partial charge in [0.15, 0.2) is 0 Å². The molecule has 2 aliphatic rings. The molecule has 0 aromatic carbocycles. The minimum absolute atomic E-state index is 0. The molecule has 5 nitrogen and oxygen atoms in total.